The molecule has 2 bridgehead atoms. The molecule has 1 saturated carbocycles. The number of amides is 2. The molecule has 0 spiro atoms. The van der Waals surface area contributed by atoms with Crippen LogP contribution in [0.2, 0.25) is 5.02 Å². The van der Waals surface area contributed by atoms with Gasteiger partial charge in [0.25, 0.3) is 0 Å². The predicted octanol–water partition coefficient (Wildman–Crippen LogP) is 6.99. The summed E-state index contributed by atoms with van der Waals surface area (Å²) in [4.78, 5) is 47.7. The van der Waals surface area contributed by atoms with E-state index in [9.17, 15) is 0 Å². The Balaban J connectivity index is 1.37. The van der Waals surface area contributed by atoms with E-state index < -0.39 is 34.5 Å². The Bertz CT molecular complexity index is 2200. The summed E-state index contributed by atoms with van der Waals surface area (Å²) in [5.74, 6) is -1.10. The van der Waals surface area contributed by atoms with Crippen molar-refractivity contribution >= 4 is 46.0 Å². The average molecular weight is 680 g/mol. The van der Waals surface area contributed by atoms with Crippen molar-refractivity contribution < 1.29 is 33.3 Å². The van der Waals surface area contributed by atoms with E-state index in [4.69, 9.17) is 30.5 Å². The monoisotopic (exact) mass is 679 g/mol. The molecule has 10 rings (SSSR count). The number of benzene rings is 5. The highest BCUT2D eigenvalue weighted by Crippen LogP contribution is 2.74. The Hall–Kier alpha value is -5.86. The zero-order valence-electron chi connectivity index (χ0n) is 26.3. The van der Waals surface area contributed by atoms with E-state index in [1.165, 1.54) is 4.90 Å². The van der Waals surface area contributed by atoms with Crippen LogP contribution in [-0.4, -0.2) is 31.2 Å². The van der Waals surface area contributed by atoms with Gasteiger partial charge in [-0.1, -0.05) is 90.5 Å². The normalized spacial score (nSPS) is 25.5. The second-order valence-electron chi connectivity index (χ2n) is 13.0. The van der Waals surface area contributed by atoms with E-state index in [-0.39, 0.29) is 19.4 Å². The summed E-state index contributed by atoms with van der Waals surface area (Å²) in [5, 5.41) is 0.384. The van der Waals surface area contributed by atoms with Crippen LogP contribution in [0.4, 0.5) is 5.69 Å². The van der Waals surface area contributed by atoms with Crippen molar-refractivity contribution in [3.63, 3.8) is 0 Å². The van der Waals surface area contributed by atoms with E-state index in [1.807, 2.05) is 97.1 Å². The molecular weight excluding hydrogens is 654 g/mol. The number of Topliss-reactive ketones (excluding diaryl/α,β-unsaturated/α-hetero) is 1. The number of ether oxygens (including phenoxy) is 4. The summed E-state index contributed by atoms with van der Waals surface area (Å²) < 4.78 is 23.1. The molecule has 9 heteroatoms. The molecule has 5 aromatic carbocycles. The number of imide groups is 1. The first-order valence-corrected chi connectivity index (χ1v) is 16.7. The lowest BCUT2D eigenvalue weighted by Crippen LogP contribution is -2.45. The number of hydrogen-bond donors (Lipinski definition) is 0. The molecule has 0 radical (unpaired) electrons. The third-order valence-electron chi connectivity index (χ3n) is 10.8. The highest BCUT2D eigenvalue weighted by atomic mass is 35.5. The highest BCUT2D eigenvalue weighted by molar-refractivity contribution is 6.39. The van der Waals surface area contributed by atoms with E-state index in [0.29, 0.717) is 67.1 Å². The molecule has 1 saturated heterocycles. The number of allylic oxidation sites excluding steroid dienone is 2. The van der Waals surface area contributed by atoms with Crippen molar-refractivity contribution in [3.05, 3.63) is 149 Å². The molecule has 5 aromatic rings. The molecule has 5 aliphatic rings. The van der Waals surface area contributed by atoms with E-state index >= 15 is 14.4 Å². The first-order chi connectivity index (χ1) is 24.5. The molecule has 2 amide bonds. The zero-order valence-corrected chi connectivity index (χ0v) is 27.1. The number of nitrogens with zero attached hydrogens (tertiary/aromatic N) is 1. The summed E-state index contributed by atoms with van der Waals surface area (Å²) in [6.45, 7) is 0.131. The smallest absolute Gasteiger partial charge is 0.239 e. The van der Waals surface area contributed by atoms with Crippen LogP contribution in [0.25, 0.3) is 11.1 Å². The van der Waals surface area contributed by atoms with Gasteiger partial charge in [0.1, 0.15) is 0 Å². The molecule has 0 N–H and O–H groups in total. The van der Waals surface area contributed by atoms with Crippen LogP contribution in [0.5, 0.6) is 23.0 Å². The maximum atomic E-state index is 16.2. The summed E-state index contributed by atoms with van der Waals surface area (Å²) >= 11 is 6.42. The molecular formula is C41H26ClNO7. The van der Waals surface area contributed by atoms with Gasteiger partial charge in [0.2, 0.25) is 25.4 Å². The van der Waals surface area contributed by atoms with Crippen molar-refractivity contribution in [2.75, 3.05) is 18.5 Å². The number of hydrogen-bond acceptors (Lipinski definition) is 7. The second kappa shape index (κ2) is 10.3. The molecule has 2 aliphatic carbocycles. The number of fused-ring (bicyclic) bond motifs is 7. The van der Waals surface area contributed by atoms with Gasteiger partial charge in [-0.05, 0) is 75.9 Å². The van der Waals surface area contributed by atoms with Gasteiger partial charge in [-0.3, -0.25) is 14.4 Å². The summed E-state index contributed by atoms with van der Waals surface area (Å²) in [5.41, 5.74) is 1.05. The van der Waals surface area contributed by atoms with Gasteiger partial charge in [0.05, 0.1) is 28.4 Å². The van der Waals surface area contributed by atoms with Gasteiger partial charge in [-0.25, -0.2) is 4.90 Å². The van der Waals surface area contributed by atoms with Gasteiger partial charge < -0.3 is 18.9 Å². The van der Waals surface area contributed by atoms with Crippen molar-refractivity contribution in [3.8, 4) is 23.0 Å². The van der Waals surface area contributed by atoms with Crippen LogP contribution in [0.15, 0.2) is 121 Å². The Morgan fingerprint density at radius 1 is 0.540 bits per heavy atom. The fourth-order valence-electron chi connectivity index (χ4n) is 9.10. The van der Waals surface area contributed by atoms with Crippen molar-refractivity contribution in [2.24, 2.45) is 11.8 Å². The Morgan fingerprint density at radius 2 is 1.02 bits per heavy atom. The van der Waals surface area contributed by atoms with Gasteiger partial charge >= 0.3 is 0 Å². The highest BCUT2D eigenvalue weighted by Gasteiger charge is 2.82. The number of rotatable bonds is 5. The molecule has 4 atom stereocenters. The number of ketones is 1. The molecule has 3 heterocycles. The lowest BCUT2D eigenvalue weighted by atomic mass is 9.59. The molecule has 50 heavy (non-hydrogen) atoms. The topological polar surface area (TPSA) is 91.4 Å². The maximum absolute atomic E-state index is 16.2. The summed E-state index contributed by atoms with van der Waals surface area (Å²) in [7, 11) is 0. The zero-order chi connectivity index (χ0) is 33.8. The van der Waals surface area contributed by atoms with Crippen molar-refractivity contribution in [1.29, 1.82) is 0 Å². The van der Waals surface area contributed by atoms with Crippen LogP contribution < -0.4 is 23.8 Å². The molecule has 0 unspecified atom stereocenters. The standard InChI is InChI=1S/C41H26ClNO7/c42-27-12-7-13-28(20-27)43-37(44)35-36(38(43)45)41(26-10-5-2-6-11-26)34(24-15-17-30-32(19-24)50-22-48-30)33(23-14-16-29-31(18-23)49-21-47-29)40(35,39(41)46)25-8-3-1-4-9-25/h1-20,35-36H,21-22H2/t35-,36+,40-,41-/m0/s1. The third-order valence-corrected chi connectivity index (χ3v) is 11.1. The van der Waals surface area contributed by atoms with Crippen LogP contribution in [0, 0.1) is 11.8 Å². The molecule has 2 fully saturated rings. The largest absolute Gasteiger partial charge is 0.454 e. The lowest BCUT2D eigenvalue weighted by molar-refractivity contribution is -0.130. The lowest BCUT2D eigenvalue weighted by Gasteiger charge is -2.39. The fraction of sp³-hybridized carbons (Fsp3) is 0.146. The van der Waals surface area contributed by atoms with E-state index in [2.05, 4.69) is 0 Å². The van der Waals surface area contributed by atoms with Gasteiger partial charge in [0, 0.05) is 5.02 Å². The summed E-state index contributed by atoms with van der Waals surface area (Å²) in [6, 6.07) is 36.6. The average Bonchev–Trinajstić information content (AvgIpc) is 3.95. The Labute approximate surface area is 291 Å². The number of anilines is 1. The van der Waals surface area contributed by atoms with E-state index in [0.717, 1.165) is 0 Å². The molecule has 244 valence electrons. The SMILES string of the molecule is O=C1[C@@H]2[C@H](C(=O)N1c1cccc(Cl)c1)[C@@]1(c3ccccc3)C(=O)[C@@]2(c2ccccc2)C(c2ccc3c(c2)OCO3)=C1c1ccc2c(c1)OCO2. The van der Waals surface area contributed by atoms with E-state index in [1.54, 1.807) is 24.3 Å². The quantitative estimate of drug-likeness (QED) is 0.185. The second-order valence-corrected chi connectivity index (χ2v) is 13.4. The number of halogens is 1. The van der Waals surface area contributed by atoms with Crippen LogP contribution in [-0.2, 0) is 25.2 Å². The van der Waals surface area contributed by atoms with Crippen LogP contribution in [0.3, 0.4) is 0 Å². The molecule has 0 aromatic heterocycles. The first-order valence-electron chi connectivity index (χ1n) is 16.3. The predicted molar refractivity (Wildman–Crippen MR) is 184 cm³/mol. The molecule has 3 aliphatic heterocycles. The minimum Gasteiger partial charge on any atom is -0.454 e. The maximum Gasteiger partial charge on any atom is 0.239 e. The van der Waals surface area contributed by atoms with Gasteiger partial charge in [-0.15, -0.1) is 0 Å². The van der Waals surface area contributed by atoms with Gasteiger partial charge in [-0.2, -0.15) is 0 Å². The first kappa shape index (κ1) is 29.1. The fourth-order valence-corrected chi connectivity index (χ4v) is 9.28. The minimum absolute atomic E-state index is 0.0653. The minimum atomic E-state index is -1.58. The molecule has 8 nitrogen and oxygen atoms in total. The number of carbonyl (C=O) groups is 3. The number of carbonyl (C=O) groups excluding carboxylic acids is 3. The Kier molecular flexibility index (Phi) is 6.01. The van der Waals surface area contributed by atoms with Crippen molar-refractivity contribution in [2.45, 2.75) is 10.8 Å². The Morgan fingerprint density at radius 3 is 1.50 bits per heavy atom. The third kappa shape index (κ3) is 3.53. The van der Waals surface area contributed by atoms with Crippen LogP contribution in [0.1, 0.15) is 22.3 Å². The van der Waals surface area contributed by atoms with Gasteiger partial charge in [0.15, 0.2) is 28.8 Å². The summed E-state index contributed by atoms with van der Waals surface area (Å²) in [6.07, 6.45) is 0. The van der Waals surface area contributed by atoms with Crippen LogP contribution >= 0.6 is 11.6 Å². The van der Waals surface area contributed by atoms with Crippen molar-refractivity contribution in [1.82, 2.24) is 0 Å².